The molecule has 0 aliphatic heterocycles. The smallest absolute Gasteiger partial charge is 0.0897 e. The molecular weight excluding hydrogens is 266 g/mol. The molecule has 2 N–H and O–H groups in total. The van der Waals surface area contributed by atoms with Gasteiger partial charge in [0.2, 0.25) is 0 Å². The second-order valence-corrected chi connectivity index (χ2v) is 6.48. The van der Waals surface area contributed by atoms with Crippen molar-refractivity contribution >= 4 is 0 Å². The van der Waals surface area contributed by atoms with Crippen LogP contribution in [0.4, 0.5) is 0 Å². The second-order valence-electron chi connectivity index (χ2n) is 6.48. The third-order valence-electron chi connectivity index (χ3n) is 4.73. The first-order valence-corrected chi connectivity index (χ1v) is 8.67. The number of hydrogen-bond donors (Lipinski definition) is 2. The van der Waals surface area contributed by atoms with Crippen molar-refractivity contribution in [1.82, 2.24) is 5.32 Å². The molecule has 0 aromatic carbocycles. The van der Waals surface area contributed by atoms with E-state index >= 15 is 0 Å². The lowest BCUT2D eigenvalue weighted by Gasteiger charge is -2.40. The summed E-state index contributed by atoms with van der Waals surface area (Å²) in [5.74, 6) is 0.636. The Morgan fingerprint density at radius 1 is 1.24 bits per heavy atom. The summed E-state index contributed by atoms with van der Waals surface area (Å²) in [7, 11) is 1.78. The minimum Gasteiger partial charge on any atom is -0.389 e. The van der Waals surface area contributed by atoms with Crippen LogP contribution >= 0.6 is 0 Å². The van der Waals surface area contributed by atoms with Gasteiger partial charge in [0.05, 0.1) is 18.3 Å². The van der Waals surface area contributed by atoms with Gasteiger partial charge in [-0.25, -0.2) is 0 Å². The number of unbranched alkanes of at least 4 members (excludes halogenated alkanes) is 1. The molecule has 1 fully saturated rings. The Kier molecular flexibility index (Phi) is 9.49. The molecule has 4 heteroatoms. The van der Waals surface area contributed by atoms with E-state index in [9.17, 15) is 5.11 Å². The summed E-state index contributed by atoms with van der Waals surface area (Å²) in [6, 6.07) is 0. The predicted octanol–water partition coefficient (Wildman–Crippen LogP) is 2.74. The number of ether oxygens (including phenoxy) is 2. The number of aliphatic hydroxyl groups is 1. The van der Waals surface area contributed by atoms with Gasteiger partial charge in [-0.15, -0.1) is 0 Å². The Hall–Kier alpha value is -0.160. The highest BCUT2D eigenvalue weighted by Crippen LogP contribution is 2.34. The number of aliphatic hydroxyl groups excluding tert-OH is 1. The molecule has 0 bridgehead atoms. The molecule has 4 nitrogen and oxygen atoms in total. The lowest BCUT2D eigenvalue weighted by molar-refractivity contribution is -0.0714. The average Bonchev–Trinajstić information content (AvgIpc) is 2.45. The normalized spacial score (nSPS) is 20.0. The van der Waals surface area contributed by atoms with E-state index in [0.717, 1.165) is 32.4 Å². The monoisotopic (exact) mass is 301 g/mol. The largest absolute Gasteiger partial charge is 0.389 e. The molecule has 2 atom stereocenters. The third kappa shape index (κ3) is 7.09. The van der Waals surface area contributed by atoms with Crippen LogP contribution in [-0.2, 0) is 9.47 Å². The Morgan fingerprint density at radius 3 is 2.52 bits per heavy atom. The van der Waals surface area contributed by atoms with E-state index in [1.165, 1.54) is 25.7 Å². The van der Waals surface area contributed by atoms with Gasteiger partial charge < -0.3 is 19.9 Å². The van der Waals surface area contributed by atoms with Crippen LogP contribution in [0.2, 0.25) is 0 Å². The molecule has 0 radical (unpaired) electrons. The fourth-order valence-corrected chi connectivity index (χ4v) is 2.82. The van der Waals surface area contributed by atoms with Crippen molar-refractivity contribution in [2.75, 3.05) is 33.4 Å². The minimum atomic E-state index is -0.428. The van der Waals surface area contributed by atoms with E-state index in [1.54, 1.807) is 7.11 Å². The van der Waals surface area contributed by atoms with Gasteiger partial charge in [0.25, 0.3) is 0 Å². The zero-order chi connectivity index (χ0) is 15.6. The fourth-order valence-electron chi connectivity index (χ4n) is 2.82. The zero-order valence-electron chi connectivity index (χ0n) is 14.2. The maximum Gasteiger partial charge on any atom is 0.0897 e. The fraction of sp³-hybridized carbons (Fsp3) is 1.00. The Balaban J connectivity index is 2.03. The van der Waals surface area contributed by atoms with Gasteiger partial charge in [0.15, 0.2) is 0 Å². The quantitative estimate of drug-likeness (QED) is 0.549. The van der Waals surface area contributed by atoms with Crippen LogP contribution in [0.25, 0.3) is 0 Å². The van der Waals surface area contributed by atoms with Crippen molar-refractivity contribution in [3.63, 3.8) is 0 Å². The molecule has 126 valence electrons. The number of methoxy groups -OCH3 is 1. The molecule has 2 unspecified atom stereocenters. The van der Waals surface area contributed by atoms with Crippen molar-refractivity contribution in [3.05, 3.63) is 0 Å². The van der Waals surface area contributed by atoms with Crippen LogP contribution in [-0.4, -0.2) is 50.2 Å². The van der Waals surface area contributed by atoms with Gasteiger partial charge in [-0.3, -0.25) is 0 Å². The molecule has 21 heavy (non-hydrogen) atoms. The summed E-state index contributed by atoms with van der Waals surface area (Å²) in [4.78, 5) is 0. The maximum atomic E-state index is 9.94. The molecule has 1 aliphatic carbocycles. The van der Waals surface area contributed by atoms with Crippen LogP contribution in [0.5, 0.6) is 0 Å². The third-order valence-corrected chi connectivity index (χ3v) is 4.73. The summed E-state index contributed by atoms with van der Waals surface area (Å²) in [5.41, 5.74) is 0.0219. The maximum absolute atomic E-state index is 9.94. The van der Waals surface area contributed by atoms with Gasteiger partial charge in [-0.1, -0.05) is 33.1 Å². The molecular formula is C17H35NO3. The lowest BCUT2D eigenvalue weighted by Crippen LogP contribution is -2.49. The Labute approximate surface area is 130 Å². The Morgan fingerprint density at radius 2 is 2.00 bits per heavy atom. The highest BCUT2D eigenvalue weighted by Gasteiger charge is 2.36. The molecule has 0 aromatic rings. The molecule has 0 saturated heterocycles. The van der Waals surface area contributed by atoms with Crippen molar-refractivity contribution in [2.24, 2.45) is 5.92 Å². The van der Waals surface area contributed by atoms with Gasteiger partial charge in [-0.2, -0.15) is 0 Å². The minimum absolute atomic E-state index is 0.0219. The Bertz CT molecular complexity index is 251. The molecule has 0 spiro atoms. The van der Waals surface area contributed by atoms with Crippen LogP contribution in [0, 0.1) is 5.92 Å². The van der Waals surface area contributed by atoms with Crippen LogP contribution < -0.4 is 5.32 Å². The first-order valence-electron chi connectivity index (χ1n) is 8.67. The van der Waals surface area contributed by atoms with Crippen molar-refractivity contribution < 1.29 is 14.6 Å². The topological polar surface area (TPSA) is 50.7 Å². The standard InChI is InChI=1S/C17H35NO3/c1-4-6-8-15(5-2)12-21-13-16(19)11-18-14-17(20-3)9-7-10-17/h15-16,18-19H,4-14H2,1-3H3. The highest BCUT2D eigenvalue weighted by molar-refractivity contribution is 4.91. The summed E-state index contributed by atoms with van der Waals surface area (Å²) in [5, 5.41) is 13.3. The van der Waals surface area contributed by atoms with Gasteiger partial charge in [-0.05, 0) is 31.6 Å². The molecule has 1 saturated carbocycles. The van der Waals surface area contributed by atoms with Crippen molar-refractivity contribution in [3.8, 4) is 0 Å². The highest BCUT2D eigenvalue weighted by atomic mass is 16.5. The summed E-state index contributed by atoms with van der Waals surface area (Å²) in [6.07, 6.45) is 7.97. The first kappa shape index (κ1) is 18.9. The first-order chi connectivity index (χ1) is 10.2. The molecule has 0 heterocycles. The van der Waals surface area contributed by atoms with E-state index in [1.807, 2.05) is 0 Å². The van der Waals surface area contributed by atoms with E-state index in [2.05, 4.69) is 19.2 Å². The van der Waals surface area contributed by atoms with Crippen LogP contribution in [0.3, 0.4) is 0 Å². The van der Waals surface area contributed by atoms with E-state index in [4.69, 9.17) is 9.47 Å². The molecule has 1 rings (SSSR count). The summed E-state index contributed by atoms with van der Waals surface area (Å²) < 4.78 is 11.2. The van der Waals surface area contributed by atoms with Crippen LogP contribution in [0.15, 0.2) is 0 Å². The summed E-state index contributed by atoms with van der Waals surface area (Å²) >= 11 is 0. The SMILES string of the molecule is CCCCC(CC)COCC(O)CNCC1(OC)CCC1. The van der Waals surface area contributed by atoms with Crippen LogP contribution in [0.1, 0.15) is 58.8 Å². The molecule has 1 aliphatic rings. The number of nitrogens with one attached hydrogen (secondary N) is 1. The van der Waals surface area contributed by atoms with E-state index in [-0.39, 0.29) is 5.60 Å². The molecule has 0 aromatic heterocycles. The zero-order valence-corrected chi connectivity index (χ0v) is 14.2. The number of rotatable bonds is 13. The molecule has 0 amide bonds. The van der Waals surface area contributed by atoms with E-state index < -0.39 is 6.10 Å². The lowest BCUT2D eigenvalue weighted by atomic mass is 9.80. The van der Waals surface area contributed by atoms with Crippen molar-refractivity contribution in [2.45, 2.75) is 70.5 Å². The van der Waals surface area contributed by atoms with Gasteiger partial charge in [0, 0.05) is 26.8 Å². The summed E-state index contributed by atoms with van der Waals surface area (Å²) in [6.45, 7) is 7.04. The predicted molar refractivity (Wildman–Crippen MR) is 86.6 cm³/mol. The average molecular weight is 301 g/mol. The van der Waals surface area contributed by atoms with Crippen molar-refractivity contribution in [1.29, 1.82) is 0 Å². The number of hydrogen-bond acceptors (Lipinski definition) is 4. The van der Waals surface area contributed by atoms with Gasteiger partial charge >= 0.3 is 0 Å². The van der Waals surface area contributed by atoms with Gasteiger partial charge in [0.1, 0.15) is 0 Å². The van der Waals surface area contributed by atoms with E-state index in [0.29, 0.717) is 19.1 Å². The second kappa shape index (κ2) is 10.5.